The number of carbonyl (C=O) groups excluding carboxylic acids is 1. The number of hydrogen-bond acceptors (Lipinski definition) is 3. The van der Waals surface area contributed by atoms with Crippen LogP contribution < -0.4 is 5.32 Å². The van der Waals surface area contributed by atoms with Gasteiger partial charge in [-0.25, -0.2) is 0 Å². The Balaban J connectivity index is 2.19. The predicted molar refractivity (Wildman–Crippen MR) is 75.6 cm³/mol. The highest BCUT2D eigenvalue weighted by molar-refractivity contribution is 5.78. The molecule has 1 rings (SSSR count). The Morgan fingerprint density at radius 2 is 1.94 bits per heavy atom. The second-order valence-electron chi connectivity index (χ2n) is 6.06. The molecular formula is C14H29N3O. The third kappa shape index (κ3) is 5.83. The Bertz CT molecular complexity index is 245. The molecule has 18 heavy (non-hydrogen) atoms. The van der Waals surface area contributed by atoms with E-state index in [1.165, 1.54) is 0 Å². The highest BCUT2D eigenvalue weighted by Crippen LogP contribution is 2.18. The topological polar surface area (TPSA) is 35.6 Å². The number of nitrogens with one attached hydrogen (secondary N) is 1. The summed E-state index contributed by atoms with van der Waals surface area (Å²) in [5.74, 6) is 1.20. The third-order valence-electron chi connectivity index (χ3n) is 3.44. The van der Waals surface area contributed by atoms with E-state index in [1.54, 1.807) is 0 Å². The molecule has 1 saturated heterocycles. The number of amides is 1. The summed E-state index contributed by atoms with van der Waals surface area (Å²) in [5, 5.41) is 3.04. The van der Waals surface area contributed by atoms with E-state index < -0.39 is 0 Å². The van der Waals surface area contributed by atoms with Crippen LogP contribution in [0.2, 0.25) is 0 Å². The molecule has 1 heterocycles. The van der Waals surface area contributed by atoms with E-state index in [1.807, 2.05) is 14.1 Å². The first-order valence-electron chi connectivity index (χ1n) is 7.14. The number of rotatable bonds is 6. The molecule has 0 saturated carbocycles. The summed E-state index contributed by atoms with van der Waals surface area (Å²) in [5.41, 5.74) is 0. The Hall–Kier alpha value is -0.610. The van der Waals surface area contributed by atoms with E-state index in [-0.39, 0.29) is 11.8 Å². The van der Waals surface area contributed by atoms with Gasteiger partial charge in [-0.3, -0.25) is 4.79 Å². The molecular weight excluding hydrogens is 226 g/mol. The summed E-state index contributed by atoms with van der Waals surface area (Å²) in [4.78, 5) is 16.5. The van der Waals surface area contributed by atoms with Crippen LogP contribution in [0.15, 0.2) is 0 Å². The molecule has 4 nitrogen and oxygen atoms in total. The zero-order chi connectivity index (χ0) is 13.5. The maximum Gasteiger partial charge on any atom is 0.223 e. The molecule has 0 unspecified atom stereocenters. The first kappa shape index (κ1) is 15.4. The van der Waals surface area contributed by atoms with Gasteiger partial charge in [0.1, 0.15) is 0 Å². The maximum absolute atomic E-state index is 12.0. The van der Waals surface area contributed by atoms with E-state index in [2.05, 4.69) is 29.0 Å². The average molecular weight is 255 g/mol. The molecule has 0 aromatic carbocycles. The lowest BCUT2D eigenvalue weighted by molar-refractivity contribution is -0.126. The van der Waals surface area contributed by atoms with Crippen molar-refractivity contribution < 1.29 is 4.79 Å². The summed E-state index contributed by atoms with van der Waals surface area (Å²) >= 11 is 0. The fraction of sp³-hybridized carbons (Fsp3) is 0.929. The van der Waals surface area contributed by atoms with Crippen LogP contribution in [0.1, 0.15) is 26.7 Å². The molecule has 1 aliphatic heterocycles. The molecule has 0 atom stereocenters. The number of likely N-dealkylation sites (N-methyl/N-ethyl adjacent to an activating group) is 1. The van der Waals surface area contributed by atoms with Gasteiger partial charge in [-0.05, 0) is 45.9 Å². The molecule has 1 N–H and O–H groups in total. The lowest BCUT2D eigenvalue weighted by Crippen LogP contribution is -2.42. The van der Waals surface area contributed by atoms with Gasteiger partial charge in [0.05, 0.1) is 0 Å². The largest absolute Gasteiger partial charge is 0.355 e. The molecule has 0 aromatic heterocycles. The molecule has 0 radical (unpaired) electrons. The van der Waals surface area contributed by atoms with Gasteiger partial charge in [-0.2, -0.15) is 0 Å². The van der Waals surface area contributed by atoms with E-state index in [0.29, 0.717) is 0 Å². The van der Waals surface area contributed by atoms with E-state index >= 15 is 0 Å². The van der Waals surface area contributed by atoms with Crippen molar-refractivity contribution in [3.63, 3.8) is 0 Å². The summed E-state index contributed by atoms with van der Waals surface area (Å²) in [6.07, 6.45) is 2.03. The normalized spacial score (nSPS) is 18.6. The summed E-state index contributed by atoms with van der Waals surface area (Å²) in [6, 6.07) is 0. The van der Waals surface area contributed by atoms with Crippen LogP contribution in [0, 0.1) is 11.8 Å². The van der Waals surface area contributed by atoms with Crippen LogP contribution in [0.5, 0.6) is 0 Å². The van der Waals surface area contributed by atoms with Crippen LogP contribution in [-0.2, 0) is 4.79 Å². The van der Waals surface area contributed by atoms with Gasteiger partial charge >= 0.3 is 0 Å². The monoisotopic (exact) mass is 255 g/mol. The summed E-state index contributed by atoms with van der Waals surface area (Å²) in [6.45, 7) is 9.49. The van der Waals surface area contributed by atoms with Crippen molar-refractivity contribution in [1.29, 1.82) is 0 Å². The van der Waals surface area contributed by atoms with E-state index in [9.17, 15) is 4.79 Å². The average Bonchev–Trinajstić information content (AvgIpc) is 2.28. The Labute approximate surface area is 112 Å². The first-order valence-corrected chi connectivity index (χ1v) is 7.14. The van der Waals surface area contributed by atoms with Crippen molar-refractivity contribution in [1.82, 2.24) is 15.1 Å². The van der Waals surface area contributed by atoms with Crippen molar-refractivity contribution in [3.05, 3.63) is 0 Å². The van der Waals surface area contributed by atoms with Crippen molar-refractivity contribution in [2.45, 2.75) is 26.7 Å². The maximum atomic E-state index is 12.0. The minimum atomic E-state index is 0.232. The number of likely N-dealkylation sites (tertiary alicyclic amines) is 1. The van der Waals surface area contributed by atoms with Gasteiger partial charge in [0, 0.05) is 25.6 Å². The highest BCUT2D eigenvalue weighted by Gasteiger charge is 2.24. The molecule has 0 spiro atoms. The predicted octanol–water partition coefficient (Wildman–Crippen LogP) is 1.03. The standard InChI is InChI=1S/C14H29N3O/c1-12(2)11-17-8-5-13(6-9-17)14(18)15-7-10-16(3)4/h12-13H,5-11H2,1-4H3,(H,15,18). The highest BCUT2D eigenvalue weighted by atomic mass is 16.1. The Kier molecular flexibility index (Phi) is 6.65. The quantitative estimate of drug-likeness (QED) is 0.770. The van der Waals surface area contributed by atoms with Crippen LogP contribution in [0.3, 0.4) is 0 Å². The van der Waals surface area contributed by atoms with Gasteiger partial charge in [0.2, 0.25) is 5.91 Å². The Morgan fingerprint density at radius 3 is 2.44 bits per heavy atom. The van der Waals surface area contributed by atoms with Gasteiger partial charge in [-0.1, -0.05) is 13.8 Å². The van der Waals surface area contributed by atoms with E-state index in [0.717, 1.165) is 51.5 Å². The van der Waals surface area contributed by atoms with Crippen LogP contribution in [0.25, 0.3) is 0 Å². The molecule has 4 heteroatoms. The van der Waals surface area contributed by atoms with Gasteiger partial charge in [0.15, 0.2) is 0 Å². The lowest BCUT2D eigenvalue weighted by atomic mass is 9.95. The van der Waals surface area contributed by atoms with Crippen molar-refractivity contribution in [2.75, 3.05) is 46.8 Å². The molecule has 1 amide bonds. The summed E-state index contributed by atoms with van der Waals surface area (Å²) in [7, 11) is 4.05. The number of piperidine rings is 1. The molecule has 1 fully saturated rings. The third-order valence-corrected chi connectivity index (χ3v) is 3.44. The fourth-order valence-electron chi connectivity index (χ4n) is 2.44. The molecule has 0 aliphatic carbocycles. The molecule has 0 bridgehead atoms. The van der Waals surface area contributed by atoms with Crippen LogP contribution in [0.4, 0.5) is 0 Å². The number of nitrogens with zero attached hydrogens (tertiary/aromatic N) is 2. The summed E-state index contributed by atoms with van der Waals surface area (Å²) < 4.78 is 0. The Morgan fingerprint density at radius 1 is 1.33 bits per heavy atom. The van der Waals surface area contributed by atoms with Crippen molar-refractivity contribution >= 4 is 5.91 Å². The number of carbonyl (C=O) groups is 1. The minimum absolute atomic E-state index is 0.232. The van der Waals surface area contributed by atoms with Gasteiger partial charge in [-0.15, -0.1) is 0 Å². The van der Waals surface area contributed by atoms with Crippen LogP contribution >= 0.6 is 0 Å². The van der Waals surface area contributed by atoms with Crippen LogP contribution in [-0.4, -0.2) is 62.5 Å². The molecule has 1 aliphatic rings. The zero-order valence-corrected chi connectivity index (χ0v) is 12.4. The minimum Gasteiger partial charge on any atom is -0.355 e. The smallest absolute Gasteiger partial charge is 0.223 e. The molecule has 106 valence electrons. The second kappa shape index (κ2) is 7.74. The zero-order valence-electron chi connectivity index (χ0n) is 12.4. The van der Waals surface area contributed by atoms with Gasteiger partial charge in [0.25, 0.3) is 0 Å². The van der Waals surface area contributed by atoms with E-state index in [4.69, 9.17) is 0 Å². The van der Waals surface area contributed by atoms with Gasteiger partial charge < -0.3 is 15.1 Å². The van der Waals surface area contributed by atoms with Crippen molar-refractivity contribution in [3.8, 4) is 0 Å². The SMILES string of the molecule is CC(C)CN1CCC(C(=O)NCCN(C)C)CC1. The fourth-order valence-corrected chi connectivity index (χ4v) is 2.44. The molecule has 0 aromatic rings. The second-order valence-corrected chi connectivity index (χ2v) is 6.06. The number of hydrogen-bond donors (Lipinski definition) is 1. The lowest BCUT2D eigenvalue weighted by Gasteiger charge is -2.32. The van der Waals surface area contributed by atoms with Crippen molar-refractivity contribution in [2.24, 2.45) is 11.8 Å². The first-order chi connectivity index (χ1) is 8.49.